The third kappa shape index (κ3) is 2.81. The summed E-state index contributed by atoms with van der Waals surface area (Å²) in [7, 11) is 0. The molecule has 108 valence electrons. The highest BCUT2D eigenvalue weighted by atomic mass is 16.2. The number of rotatable bonds is 2. The summed E-state index contributed by atoms with van der Waals surface area (Å²) in [6.07, 6.45) is 3.62. The minimum absolute atomic E-state index is 0.117. The number of aryl methyl sites for hydroxylation is 2. The Hall–Kier alpha value is -2.56. The van der Waals surface area contributed by atoms with Crippen LogP contribution in [0, 0.1) is 6.92 Å². The van der Waals surface area contributed by atoms with Gasteiger partial charge in [0.25, 0.3) is 5.91 Å². The lowest BCUT2D eigenvalue weighted by molar-refractivity contribution is 0.102. The van der Waals surface area contributed by atoms with Crippen molar-refractivity contribution < 1.29 is 4.79 Å². The van der Waals surface area contributed by atoms with E-state index in [1.165, 1.54) is 17.8 Å². The Labute approximate surface area is 122 Å². The molecule has 1 aromatic heterocycles. The molecule has 2 heterocycles. The maximum Gasteiger partial charge on any atom is 0.261 e. The van der Waals surface area contributed by atoms with E-state index in [1.54, 1.807) is 6.92 Å². The average Bonchev–Trinajstić information content (AvgIpc) is 2.47. The highest BCUT2D eigenvalue weighted by Crippen LogP contribution is 2.25. The van der Waals surface area contributed by atoms with Crippen LogP contribution in [0.15, 0.2) is 35.3 Å². The number of anilines is 2. The molecule has 2 aromatic rings. The molecule has 0 bridgehead atoms. The van der Waals surface area contributed by atoms with Crippen molar-refractivity contribution in [2.24, 2.45) is 0 Å². The molecule has 0 fully saturated rings. The number of aromatic nitrogens is 1. The zero-order valence-corrected chi connectivity index (χ0v) is 11.8. The molecular weight excluding hydrogens is 266 g/mol. The number of carbonyl (C=O) groups excluding carboxylic acids is 1. The first-order valence-corrected chi connectivity index (χ1v) is 7.01. The smallest absolute Gasteiger partial charge is 0.261 e. The zero-order valence-electron chi connectivity index (χ0n) is 11.8. The molecule has 1 aromatic carbocycles. The van der Waals surface area contributed by atoms with E-state index in [4.69, 9.17) is 0 Å². The highest BCUT2D eigenvalue weighted by molar-refractivity contribution is 6.04. The minimum Gasteiger partial charge on any atom is -0.385 e. The van der Waals surface area contributed by atoms with E-state index >= 15 is 0 Å². The number of hydrogen-bond acceptors (Lipinski definition) is 3. The van der Waals surface area contributed by atoms with Gasteiger partial charge in [-0.25, -0.2) is 0 Å². The number of hydrogen-bond donors (Lipinski definition) is 3. The monoisotopic (exact) mass is 283 g/mol. The largest absolute Gasteiger partial charge is 0.385 e. The average molecular weight is 283 g/mol. The lowest BCUT2D eigenvalue weighted by atomic mass is 10.0. The van der Waals surface area contributed by atoms with Gasteiger partial charge in [-0.3, -0.25) is 9.59 Å². The van der Waals surface area contributed by atoms with Crippen LogP contribution in [0.4, 0.5) is 11.4 Å². The first-order chi connectivity index (χ1) is 10.1. The molecule has 1 amide bonds. The van der Waals surface area contributed by atoms with E-state index < -0.39 is 5.91 Å². The molecular formula is C16H17N3O2. The van der Waals surface area contributed by atoms with Crippen LogP contribution in [-0.2, 0) is 6.42 Å². The predicted octanol–water partition coefficient (Wildman–Crippen LogP) is 2.29. The van der Waals surface area contributed by atoms with Gasteiger partial charge in [0.1, 0.15) is 5.56 Å². The summed E-state index contributed by atoms with van der Waals surface area (Å²) in [5.74, 6) is -0.396. The lowest BCUT2D eigenvalue weighted by Gasteiger charge is -2.18. The van der Waals surface area contributed by atoms with Gasteiger partial charge >= 0.3 is 0 Å². The first kappa shape index (κ1) is 13.4. The maximum atomic E-state index is 12.2. The van der Waals surface area contributed by atoms with Crippen molar-refractivity contribution in [3.8, 4) is 0 Å². The van der Waals surface area contributed by atoms with E-state index in [0.29, 0.717) is 5.69 Å². The van der Waals surface area contributed by atoms with Crippen LogP contribution in [0.2, 0.25) is 0 Å². The lowest BCUT2D eigenvalue weighted by Crippen LogP contribution is -2.21. The molecule has 0 saturated carbocycles. The normalized spacial score (nSPS) is 13.2. The van der Waals surface area contributed by atoms with Gasteiger partial charge in [0, 0.05) is 35.9 Å². The van der Waals surface area contributed by atoms with E-state index in [1.807, 2.05) is 18.2 Å². The highest BCUT2D eigenvalue weighted by Gasteiger charge is 2.13. The molecule has 0 saturated heterocycles. The fraction of sp³-hybridized carbons (Fsp3) is 0.250. The van der Waals surface area contributed by atoms with Gasteiger partial charge in [0.15, 0.2) is 5.43 Å². The Balaban J connectivity index is 1.83. The van der Waals surface area contributed by atoms with Crippen LogP contribution >= 0.6 is 0 Å². The predicted molar refractivity (Wildman–Crippen MR) is 83.0 cm³/mol. The van der Waals surface area contributed by atoms with Crippen molar-refractivity contribution in [3.63, 3.8) is 0 Å². The fourth-order valence-electron chi connectivity index (χ4n) is 2.49. The summed E-state index contributed by atoms with van der Waals surface area (Å²) < 4.78 is 0. The molecule has 1 aliphatic heterocycles. The van der Waals surface area contributed by atoms with Gasteiger partial charge in [0.2, 0.25) is 0 Å². The first-order valence-electron chi connectivity index (χ1n) is 7.01. The van der Waals surface area contributed by atoms with Crippen molar-refractivity contribution >= 4 is 17.3 Å². The summed E-state index contributed by atoms with van der Waals surface area (Å²) in [5.41, 5.74) is 3.57. The second-order valence-corrected chi connectivity index (χ2v) is 5.25. The SMILES string of the molecule is Cc1cc(=O)c(C(=O)Nc2ccc3c(c2)NCCC3)c[nH]1. The number of fused-ring (bicyclic) bond motifs is 1. The number of aromatic amines is 1. The Morgan fingerprint density at radius 1 is 1.29 bits per heavy atom. The van der Waals surface area contributed by atoms with Gasteiger partial charge in [-0.15, -0.1) is 0 Å². The third-order valence-electron chi connectivity index (χ3n) is 3.61. The van der Waals surface area contributed by atoms with Crippen LogP contribution < -0.4 is 16.1 Å². The minimum atomic E-state index is -0.396. The second kappa shape index (κ2) is 5.44. The van der Waals surface area contributed by atoms with Crippen molar-refractivity contribution in [3.05, 3.63) is 57.5 Å². The van der Waals surface area contributed by atoms with Gasteiger partial charge in [-0.1, -0.05) is 6.07 Å². The van der Waals surface area contributed by atoms with Gasteiger partial charge < -0.3 is 15.6 Å². The van der Waals surface area contributed by atoms with Gasteiger partial charge in [-0.2, -0.15) is 0 Å². The summed E-state index contributed by atoms with van der Waals surface area (Å²) >= 11 is 0. The molecule has 0 unspecified atom stereocenters. The van der Waals surface area contributed by atoms with Crippen molar-refractivity contribution in [2.75, 3.05) is 17.2 Å². The number of nitrogens with one attached hydrogen (secondary N) is 3. The molecule has 0 aliphatic carbocycles. The Kier molecular flexibility index (Phi) is 3.48. The van der Waals surface area contributed by atoms with Gasteiger partial charge in [-0.05, 0) is 37.5 Å². The maximum absolute atomic E-state index is 12.2. The topological polar surface area (TPSA) is 74.0 Å². The fourth-order valence-corrected chi connectivity index (χ4v) is 2.49. The Morgan fingerprint density at radius 3 is 2.95 bits per heavy atom. The van der Waals surface area contributed by atoms with E-state index in [-0.39, 0.29) is 11.0 Å². The van der Waals surface area contributed by atoms with Crippen LogP contribution in [0.3, 0.4) is 0 Å². The number of carbonyl (C=O) groups is 1. The van der Waals surface area contributed by atoms with Crippen molar-refractivity contribution in [1.29, 1.82) is 0 Å². The van der Waals surface area contributed by atoms with Crippen molar-refractivity contribution in [2.45, 2.75) is 19.8 Å². The van der Waals surface area contributed by atoms with E-state index in [2.05, 4.69) is 15.6 Å². The number of amides is 1. The standard InChI is InChI=1S/C16H17N3O2/c1-10-7-15(20)13(9-18-10)16(21)19-12-5-4-11-3-2-6-17-14(11)8-12/h4-5,7-9,17H,2-3,6H2,1H3,(H,18,20)(H,19,21). The molecule has 21 heavy (non-hydrogen) atoms. The number of pyridine rings is 1. The molecule has 3 rings (SSSR count). The molecule has 5 heteroatoms. The summed E-state index contributed by atoms with van der Waals surface area (Å²) in [4.78, 5) is 26.9. The van der Waals surface area contributed by atoms with E-state index in [9.17, 15) is 9.59 Å². The second-order valence-electron chi connectivity index (χ2n) is 5.25. The summed E-state index contributed by atoms with van der Waals surface area (Å²) in [6, 6.07) is 7.21. The quantitative estimate of drug-likeness (QED) is 0.791. The third-order valence-corrected chi connectivity index (χ3v) is 3.61. The van der Waals surface area contributed by atoms with Crippen LogP contribution in [-0.4, -0.2) is 17.4 Å². The number of H-pyrrole nitrogens is 1. The van der Waals surface area contributed by atoms with Crippen LogP contribution in [0.1, 0.15) is 28.0 Å². The molecule has 0 spiro atoms. The number of benzene rings is 1. The van der Waals surface area contributed by atoms with Gasteiger partial charge in [0.05, 0.1) is 0 Å². The summed E-state index contributed by atoms with van der Waals surface area (Å²) in [6.45, 7) is 2.72. The molecule has 0 radical (unpaired) electrons. The van der Waals surface area contributed by atoms with Crippen molar-refractivity contribution in [1.82, 2.24) is 4.98 Å². The molecule has 3 N–H and O–H groups in total. The van der Waals surface area contributed by atoms with E-state index in [0.717, 1.165) is 30.8 Å². The molecule has 5 nitrogen and oxygen atoms in total. The molecule has 0 atom stereocenters. The van der Waals surface area contributed by atoms with Crippen LogP contribution in [0.25, 0.3) is 0 Å². The Morgan fingerprint density at radius 2 is 2.14 bits per heavy atom. The van der Waals surface area contributed by atoms with Crippen LogP contribution in [0.5, 0.6) is 0 Å². The zero-order chi connectivity index (χ0) is 14.8. The molecule has 1 aliphatic rings. The summed E-state index contributed by atoms with van der Waals surface area (Å²) in [5, 5.41) is 6.09. The Bertz CT molecular complexity index is 749.